The van der Waals surface area contributed by atoms with Crippen LogP contribution in [0, 0.1) is 0 Å². The number of likely N-dealkylation sites (N-methyl/N-ethyl adjacent to an activating group) is 1. The van der Waals surface area contributed by atoms with Crippen molar-refractivity contribution in [2.24, 2.45) is 0 Å². The highest BCUT2D eigenvalue weighted by atomic mass is 16.1. The van der Waals surface area contributed by atoms with Gasteiger partial charge in [-0.15, -0.1) is 0 Å². The van der Waals surface area contributed by atoms with E-state index in [1.54, 1.807) is 24.7 Å². The lowest BCUT2D eigenvalue weighted by Crippen LogP contribution is -2.44. The Morgan fingerprint density at radius 2 is 1.82 bits per heavy atom. The summed E-state index contributed by atoms with van der Waals surface area (Å²) in [5.74, 6) is 1.68. The number of anilines is 2. The lowest BCUT2D eigenvalue weighted by atomic mass is 10.1. The maximum Gasteiger partial charge on any atom is 0.169 e. The summed E-state index contributed by atoms with van der Waals surface area (Å²) in [5.41, 5.74) is 3.92. The Morgan fingerprint density at radius 3 is 2.59 bits per heavy atom. The Bertz CT molecular complexity index is 1310. The Kier molecular flexibility index (Phi) is 6.14. The highest BCUT2D eigenvalue weighted by Crippen LogP contribution is 2.22. The largest absolute Gasteiger partial charge is 0.373 e. The SMILES string of the molecule is CNc1ccc(-c2ccc3cnc(CC(=O)c4ccnc(N5CCN(C)CC5)c4)cc3n2)cn1. The number of fused-ring (bicyclic) bond motifs is 1. The van der Waals surface area contributed by atoms with Gasteiger partial charge in [-0.1, -0.05) is 0 Å². The Labute approximate surface area is 198 Å². The second-order valence-corrected chi connectivity index (χ2v) is 8.54. The van der Waals surface area contributed by atoms with E-state index < -0.39 is 0 Å². The molecule has 8 heteroatoms. The number of Topliss-reactive ketones (excluding diaryl/α,β-unsaturated/α-hetero) is 1. The van der Waals surface area contributed by atoms with E-state index in [1.165, 1.54) is 0 Å². The lowest BCUT2D eigenvalue weighted by Gasteiger charge is -2.33. The molecule has 1 fully saturated rings. The summed E-state index contributed by atoms with van der Waals surface area (Å²) in [6.45, 7) is 3.81. The molecule has 0 bridgehead atoms. The Hall–Kier alpha value is -3.91. The van der Waals surface area contributed by atoms with Gasteiger partial charge < -0.3 is 15.1 Å². The molecule has 0 spiro atoms. The molecule has 8 nitrogen and oxygen atoms in total. The molecule has 5 heterocycles. The molecule has 0 unspecified atom stereocenters. The molecule has 0 saturated carbocycles. The number of aromatic nitrogens is 4. The molecule has 1 saturated heterocycles. The summed E-state index contributed by atoms with van der Waals surface area (Å²) in [7, 11) is 3.96. The summed E-state index contributed by atoms with van der Waals surface area (Å²) in [5, 5.41) is 3.95. The van der Waals surface area contributed by atoms with Gasteiger partial charge in [0.05, 0.1) is 23.3 Å². The molecule has 0 radical (unpaired) electrons. The van der Waals surface area contributed by atoms with Crippen LogP contribution in [0.4, 0.5) is 11.6 Å². The molecule has 4 aromatic rings. The third-order valence-corrected chi connectivity index (χ3v) is 6.18. The van der Waals surface area contributed by atoms with Crippen LogP contribution in [0.1, 0.15) is 16.1 Å². The van der Waals surface area contributed by atoms with Crippen molar-refractivity contribution in [3.8, 4) is 11.3 Å². The standard InChI is InChI=1S/C26H27N7O/c1-27-25-6-4-19(17-30-25)22-5-3-20-16-29-21(14-23(20)31-22)15-24(34)18-7-8-28-26(13-18)33-11-9-32(2)10-12-33/h3-8,13-14,16-17H,9-12,15H2,1-2H3,(H,27,30). The van der Waals surface area contributed by atoms with Crippen molar-refractivity contribution < 1.29 is 4.79 Å². The molecular weight excluding hydrogens is 426 g/mol. The molecule has 1 N–H and O–H groups in total. The molecule has 5 rings (SSSR count). The predicted octanol–water partition coefficient (Wildman–Crippen LogP) is 3.31. The number of piperazine rings is 1. The zero-order valence-corrected chi connectivity index (χ0v) is 19.4. The molecular formula is C26H27N7O. The first-order valence-electron chi connectivity index (χ1n) is 11.4. The van der Waals surface area contributed by atoms with Crippen LogP contribution in [0.15, 0.2) is 61.1 Å². The topological polar surface area (TPSA) is 87.1 Å². The molecule has 4 aromatic heterocycles. The highest BCUT2D eigenvalue weighted by Gasteiger charge is 2.17. The molecule has 0 amide bonds. The zero-order valence-electron chi connectivity index (χ0n) is 19.4. The number of nitrogens with zero attached hydrogens (tertiary/aromatic N) is 6. The minimum atomic E-state index is 0.0210. The Morgan fingerprint density at radius 1 is 0.971 bits per heavy atom. The monoisotopic (exact) mass is 453 g/mol. The number of carbonyl (C=O) groups is 1. The number of hydrogen-bond donors (Lipinski definition) is 1. The summed E-state index contributed by atoms with van der Waals surface area (Å²) in [6, 6.07) is 13.4. The normalized spacial score (nSPS) is 14.4. The number of rotatable bonds is 6. The fourth-order valence-electron chi connectivity index (χ4n) is 4.08. The van der Waals surface area contributed by atoms with Gasteiger partial charge in [-0.25, -0.2) is 15.0 Å². The molecule has 1 aliphatic heterocycles. The number of pyridine rings is 4. The van der Waals surface area contributed by atoms with Crippen molar-refractivity contribution in [2.75, 3.05) is 50.5 Å². The van der Waals surface area contributed by atoms with Gasteiger partial charge in [0.1, 0.15) is 11.6 Å². The maximum atomic E-state index is 13.1. The van der Waals surface area contributed by atoms with E-state index in [1.807, 2.05) is 43.4 Å². The van der Waals surface area contributed by atoms with Gasteiger partial charge in [0.15, 0.2) is 5.78 Å². The second kappa shape index (κ2) is 9.52. The van der Waals surface area contributed by atoms with Crippen molar-refractivity contribution in [3.63, 3.8) is 0 Å². The van der Waals surface area contributed by atoms with Crippen LogP contribution in [0.25, 0.3) is 22.2 Å². The fraction of sp³-hybridized carbons (Fsp3) is 0.269. The zero-order chi connectivity index (χ0) is 23.5. The van der Waals surface area contributed by atoms with Crippen molar-refractivity contribution in [2.45, 2.75) is 6.42 Å². The van der Waals surface area contributed by atoms with E-state index in [-0.39, 0.29) is 12.2 Å². The van der Waals surface area contributed by atoms with E-state index in [9.17, 15) is 4.79 Å². The summed E-state index contributed by atoms with van der Waals surface area (Å²) >= 11 is 0. The molecule has 1 aliphatic rings. The van der Waals surface area contributed by atoms with E-state index in [2.05, 4.69) is 37.1 Å². The van der Waals surface area contributed by atoms with Crippen molar-refractivity contribution in [3.05, 3.63) is 72.3 Å². The predicted molar refractivity (Wildman–Crippen MR) is 134 cm³/mol. The van der Waals surface area contributed by atoms with Gasteiger partial charge in [-0.3, -0.25) is 9.78 Å². The van der Waals surface area contributed by atoms with Crippen molar-refractivity contribution >= 4 is 28.3 Å². The second-order valence-electron chi connectivity index (χ2n) is 8.54. The van der Waals surface area contributed by atoms with Crippen LogP contribution in [0.3, 0.4) is 0 Å². The van der Waals surface area contributed by atoms with Gasteiger partial charge in [0, 0.05) is 68.3 Å². The van der Waals surface area contributed by atoms with Gasteiger partial charge in [0.25, 0.3) is 0 Å². The van der Waals surface area contributed by atoms with Gasteiger partial charge >= 0.3 is 0 Å². The van der Waals surface area contributed by atoms with E-state index in [4.69, 9.17) is 4.98 Å². The number of carbonyl (C=O) groups excluding carboxylic acids is 1. The van der Waals surface area contributed by atoms with Crippen LogP contribution in [0.5, 0.6) is 0 Å². The van der Waals surface area contributed by atoms with Crippen molar-refractivity contribution in [1.29, 1.82) is 0 Å². The minimum Gasteiger partial charge on any atom is -0.373 e. The molecule has 0 aromatic carbocycles. The van der Waals surface area contributed by atoms with Gasteiger partial charge in [-0.2, -0.15) is 0 Å². The first-order chi connectivity index (χ1) is 16.6. The van der Waals surface area contributed by atoms with Crippen LogP contribution in [0.2, 0.25) is 0 Å². The van der Waals surface area contributed by atoms with Gasteiger partial charge in [0.2, 0.25) is 0 Å². The fourth-order valence-corrected chi connectivity index (χ4v) is 4.08. The quantitative estimate of drug-likeness (QED) is 0.445. The average Bonchev–Trinajstić information content (AvgIpc) is 2.89. The highest BCUT2D eigenvalue weighted by molar-refractivity contribution is 5.98. The van der Waals surface area contributed by atoms with Crippen LogP contribution >= 0.6 is 0 Å². The van der Waals surface area contributed by atoms with E-state index >= 15 is 0 Å². The molecule has 0 atom stereocenters. The molecule has 172 valence electrons. The third-order valence-electron chi connectivity index (χ3n) is 6.18. The van der Waals surface area contributed by atoms with Gasteiger partial charge in [-0.05, 0) is 49.5 Å². The molecule has 34 heavy (non-hydrogen) atoms. The van der Waals surface area contributed by atoms with Crippen LogP contribution in [-0.4, -0.2) is 70.9 Å². The van der Waals surface area contributed by atoms with Crippen molar-refractivity contribution in [1.82, 2.24) is 24.8 Å². The van der Waals surface area contributed by atoms with E-state index in [0.717, 1.165) is 60.0 Å². The maximum absolute atomic E-state index is 13.1. The van der Waals surface area contributed by atoms with E-state index in [0.29, 0.717) is 11.3 Å². The molecule has 0 aliphatic carbocycles. The first kappa shape index (κ1) is 21.9. The van der Waals surface area contributed by atoms with Crippen LogP contribution < -0.4 is 10.2 Å². The summed E-state index contributed by atoms with van der Waals surface area (Å²) < 4.78 is 0. The number of hydrogen-bond acceptors (Lipinski definition) is 8. The lowest BCUT2D eigenvalue weighted by molar-refractivity contribution is 0.0992. The Balaban J connectivity index is 1.35. The average molecular weight is 454 g/mol. The first-order valence-corrected chi connectivity index (χ1v) is 11.4. The number of ketones is 1. The van der Waals surface area contributed by atoms with Crippen LogP contribution in [-0.2, 0) is 6.42 Å². The summed E-state index contributed by atoms with van der Waals surface area (Å²) in [4.78, 5) is 35.7. The smallest absolute Gasteiger partial charge is 0.169 e. The third kappa shape index (κ3) is 4.72. The summed E-state index contributed by atoms with van der Waals surface area (Å²) in [6.07, 6.45) is 5.51. The number of nitrogens with one attached hydrogen (secondary N) is 1. The minimum absolute atomic E-state index is 0.0210.